The number of benzene rings is 2. The van der Waals surface area contributed by atoms with Gasteiger partial charge in [0.25, 0.3) is 11.8 Å². The van der Waals surface area contributed by atoms with E-state index >= 15 is 0 Å². The molecule has 1 atom stereocenters. The Balaban J connectivity index is 1.69. The minimum Gasteiger partial charge on any atom is -0.481 e. The predicted octanol–water partition coefficient (Wildman–Crippen LogP) is 5.16. The second kappa shape index (κ2) is 10.3. The summed E-state index contributed by atoms with van der Waals surface area (Å²) in [6.07, 6.45) is 5.45. The van der Waals surface area contributed by atoms with Crippen LogP contribution < -0.4 is 15.4 Å². The van der Waals surface area contributed by atoms with Crippen molar-refractivity contribution in [1.29, 1.82) is 0 Å². The third kappa shape index (κ3) is 5.85. The number of nitrogens with one attached hydrogen (secondary N) is 2. The lowest BCUT2D eigenvalue weighted by Crippen LogP contribution is -2.37. The molecule has 2 amide bonds. The summed E-state index contributed by atoms with van der Waals surface area (Å²) in [5.74, 6) is 0.286. The first-order valence-electron chi connectivity index (χ1n) is 10.9. The van der Waals surface area contributed by atoms with Gasteiger partial charge in [0.05, 0.1) is 11.3 Å². The Morgan fingerprint density at radius 3 is 2.37 bits per heavy atom. The number of hydrogen-bond donors (Lipinski definition) is 2. The maximum Gasteiger partial charge on any atom is 0.265 e. The van der Waals surface area contributed by atoms with Gasteiger partial charge in [-0.3, -0.25) is 9.59 Å². The summed E-state index contributed by atoms with van der Waals surface area (Å²) in [6.45, 7) is 5.92. The molecular weight excluding hydrogens is 376 g/mol. The number of ether oxygens (including phenoxy) is 1. The first-order chi connectivity index (χ1) is 14.5. The molecule has 0 aliphatic heterocycles. The molecule has 0 bridgehead atoms. The molecular formula is C25H32N2O3. The van der Waals surface area contributed by atoms with Crippen LogP contribution in [0.5, 0.6) is 5.75 Å². The van der Waals surface area contributed by atoms with Crippen LogP contribution in [0, 0.1) is 13.8 Å². The minimum atomic E-state index is -0.638. The topological polar surface area (TPSA) is 67.4 Å². The molecule has 1 aliphatic carbocycles. The average Bonchev–Trinajstić information content (AvgIpc) is 2.72. The van der Waals surface area contributed by atoms with Crippen molar-refractivity contribution < 1.29 is 14.3 Å². The Morgan fingerprint density at radius 2 is 1.70 bits per heavy atom. The molecule has 1 saturated carbocycles. The molecule has 5 nitrogen and oxygen atoms in total. The maximum absolute atomic E-state index is 12.9. The van der Waals surface area contributed by atoms with Crippen LogP contribution in [0.25, 0.3) is 0 Å². The third-order valence-electron chi connectivity index (χ3n) is 5.51. The normalized spacial score (nSPS) is 15.3. The molecule has 2 aromatic carbocycles. The van der Waals surface area contributed by atoms with Crippen molar-refractivity contribution >= 4 is 17.5 Å². The van der Waals surface area contributed by atoms with Gasteiger partial charge in [-0.15, -0.1) is 0 Å². The molecule has 0 spiro atoms. The smallest absolute Gasteiger partial charge is 0.265 e. The molecule has 2 N–H and O–H groups in total. The average molecular weight is 409 g/mol. The molecule has 1 aliphatic rings. The number of rotatable bonds is 7. The molecule has 1 fully saturated rings. The largest absolute Gasteiger partial charge is 0.481 e. The van der Waals surface area contributed by atoms with Gasteiger partial charge in [0.1, 0.15) is 5.75 Å². The fraction of sp³-hybridized carbons (Fsp3) is 0.440. The molecule has 2 aromatic rings. The predicted molar refractivity (Wildman–Crippen MR) is 120 cm³/mol. The highest BCUT2D eigenvalue weighted by atomic mass is 16.5. The van der Waals surface area contributed by atoms with Crippen LogP contribution in [0.2, 0.25) is 0 Å². The number of anilines is 1. The lowest BCUT2D eigenvalue weighted by Gasteiger charge is -2.23. The first-order valence-corrected chi connectivity index (χ1v) is 10.9. The van der Waals surface area contributed by atoms with Gasteiger partial charge in [0, 0.05) is 6.04 Å². The summed E-state index contributed by atoms with van der Waals surface area (Å²) in [4.78, 5) is 25.7. The summed E-state index contributed by atoms with van der Waals surface area (Å²) >= 11 is 0. The van der Waals surface area contributed by atoms with Gasteiger partial charge in [0.2, 0.25) is 0 Å². The van der Waals surface area contributed by atoms with Crippen molar-refractivity contribution in [2.45, 2.75) is 71.4 Å². The summed E-state index contributed by atoms with van der Waals surface area (Å²) in [6, 6.07) is 13.3. The van der Waals surface area contributed by atoms with E-state index in [9.17, 15) is 9.59 Å². The molecule has 3 rings (SSSR count). The van der Waals surface area contributed by atoms with Gasteiger partial charge in [-0.2, -0.15) is 0 Å². The second-order valence-corrected chi connectivity index (χ2v) is 8.18. The Bertz CT molecular complexity index is 867. The number of para-hydroxylation sites is 1. The second-order valence-electron chi connectivity index (χ2n) is 8.18. The van der Waals surface area contributed by atoms with E-state index in [1.807, 2.05) is 45.0 Å². The zero-order chi connectivity index (χ0) is 21.5. The lowest BCUT2D eigenvalue weighted by molar-refractivity contribution is -0.122. The van der Waals surface area contributed by atoms with E-state index in [-0.39, 0.29) is 17.9 Å². The SMILES string of the molecule is CCC(Oc1cc(C)cc(C)c1)C(=O)Nc1ccccc1C(=O)NC1CCCCC1. The molecule has 30 heavy (non-hydrogen) atoms. The van der Waals surface area contributed by atoms with Crippen molar-refractivity contribution in [3.05, 3.63) is 59.2 Å². The number of aryl methyl sites for hydroxylation is 2. The number of hydrogen-bond acceptors (Lipinski definition) is 3. The zero-order valence-electron chi connectivity index (χ0n) is 18.2. The Kier molecular flexibility index (Phi) is 7.50. The van der Waals surface area contributed by atoms with E-state index in [0.717, 1.165) is 36.8 Å². The van der Waals surface area contributed by atoms with Crippen LogP contribution in [-0.4, -0.2) is 24.0 Å². The summed E-state index contributed by atoms with van der Waals surface area (Å²) in [5.41, 5.74) is 3.17. The number of amides is 2. The third-order valence-corrected chi connectivity index (χ3v) is 5.51. The van der Waals surface area contributed by atoms with Gasteiger partial charge in [-0.25, -0.2) is 0 Å². The molecule has 0 heterocycles. The molecule has 1 unspecified atom stereocenters. The van der Waals surface area contributed by atoms with Crippen molar-refractivity contribution in [3.63, 3.8) is 0 Å². The molecule has 0 aromatic heterocycles. The minimum absolute atomic E-state index is 0.138. The number of carbonyl (C=O) groups is 2. The van der Waals surface area contributed by atoms with Gasteiger partial charge in [-0.05, 0) is 68.5 Å². The highest BCUT2D eigenvalue weighted by Crippen LogP contribution is 2.22. The molecule has 0 radical (unpaired) electrons. The van der Waals surface area contributed by atoms with E-state index < -0.39 is 6.10 Å². The van der Waals surface area contributed by atoms with Gasteiger partial charge < -0.3 is 15.4 Å². The van der Waals surface area contributed by atoms with Crippen LogP contribution >= 0.6 is 0 Å². The first kappa shape index (κ1) is 21.9. The van der Waals surface area contributed by atoms with E-state index in [0.29, 0.717) is 23.4 Å². The van der Waals surface area contributed by atoms with Crippen molar-refractivity contribution in [2.24, 2.45) is 0 Å². The van der Waals surface area contributed by atoms with E-state index in [1.165, 1.54) is 6.42 Å². The highest BCUT2D eigenvalue weighted by molar-refractivity contribution is 6.04. The highest BCUT2D eigenvalue weighted by Gasteiger charge is 2.22. The zero-order valence-corrected chi connectivity index (χ0v) is 18.2. The van der Waals surface area contributed by atoms with Crippen LogP contribution in [0.1, 0.15) is 66.9 Å². The van der Waals surface area contributed by atoms with Crippen LogP contribution in [0.15, 0.2) is 42.5 Å². The van der Waals surface area contributed by atoms with Crippen molar-refractivity contribution in [1.82, 2.24) is 5.32 Å². The molecule has 160 valence electrons. The van der Waals surface area contributed by atoms with Crippen LogP contribution in [0.4, 0.5) is 5.69 Å². The van der Waals surface area contributed by atoms with Gasteiger partial charge in [-0.1, -0.05) is 44.4 Å². The summed E-state index contributed by atoms with van der Waals surface area (Å²) < 4.78 is 5.97. The molecule has 0 saturated heterocycles. The summed E-state index contributed by atoms with van der Waals surface area (Å²) in [5, 5.41) is 6.03. The molecule has 5 heteroatoms. The summed E-state index contributed by atoms with van der Waals surface area (Å²) in [7, 11) is 0. The standard InChI is InChI=1S/C25H32N2O3/c1-4-23(30-20-15-17(2)14-18(3)16-20)25(29)27-22-13-9-8-12-21(22)24(28)26-19-10-6-5-7-11-19/h8-9,12-16,19,23H,4-7,10-11H2,1-3H3,(H,26,28)(H,27,29). The van der Waals surface area contributed by atoms with Gasteiger partial charge in [0.15, 0.2) is 6.10 Å². The maximum atomic E-state index is 12.9. The number of carbonyl (C=O) groups excluding carboxylic acids is 2. The van der Waals surface area contributed by atoms with E-state index in [1.54, 1.807) is 12.1 Å². The Hall–Kier alpha value is -2.82. The Morgan fingerprint density at radius 1 is 1.03 bits per heavy atom. The van der Waals surface area contributed by atoms with Crippen LogP contribution in [-0.2, 0) is 4.79 Å². The quantitative estimate of drug-likeness (QED) is 0.665. The fourth-order valence-electron chi connectivity index (χ4n) is 4.00. The van der Waals surface area contributed by atoms with Crippen molar-refractivity contribution in [2.75, 3.05) is 5.32 Å². The van der Waals surface area contributed by atoms with Crippen LogP contribution in [0.3, 0.4) is 0 Å². The van der Waals surface area contributed by atoms with E-state index in [2.05, 4.69) is 16.7 Å². The monoisotopic (exact) mass is 408 g/mol. The fourth-order valence-corrected chi connectivity index (χ4v) is 4.00. The lowest BCUT2D eigenvalue weighted by atomic mass is 9.95. The van der Waals surface area contributed by atoms with Crippen molar-refractivity contribution in [3.8, 4) is 5.75 Å². The van der Waals surface area contributed by atoms with E-state index in [4.69, 9.17) is 4.74 Å². The van der Waals surface area contributed by atoms with Gasteiger partial charge >= 0.3 is 0 Å². The Labute approximate surface area is 179 Å².